The zero-order chi connectivity index (χ0) is 32.2. The van der Waals surface area contributed by atoms with Crippen LogP contribution >= 0.6 is 0 Å². The lowest BCUT2D eigenvalue weighted by molar-refractivity contribution is 0.889. The van der Waals surface area contributed by atoms with Gasteiger partial charge in [-0.1, -0.05) is 147 Å². The van der Waals surface area contributed by atoms with Gasteiger partial charge in [0.15, 0.2) is 0 Å². The zero-order valence-electron chi connectivity index (χ0n) is 28.4. The summed E-state index contributed by atoms with van der Waals surface area (Å²) < 4.78 is 0. The molecule has 2 aliphatic rings. The molecule has 3 aromatic carbocycles. The van der Waals surface area contributed by atoms with Gasteiger partial charge in [-0.3, -0.25) is 0 Å². The fourth-order valence-electron chi connectivity index (χ4n) is 6.06. The molecule has 0 saturated carbocycles. The van der Waals surface area contributed by atoms with Crippen molar-refractivity contribution in [3.05, 3.63) is 178 Å². The first-order valence-electron chi connectivity index (χ1n) is 16.5. The van der Waals surface area contributed by atoms with E-state index in [0.29, 0.717) is 5.92 Å². The van der Waals surface area contributed by atoms with E-state index < -0.39 is 0 Å². The van der Waals surface area contributed by atoms with Gasteiger partial charge in [-0.2, -0.15) is 0 Å². The molecule has 0 amide bonds. The predicted octanol–water partition coefficient (Wildman–Crippen LogP) is 13.2. The van der Waals surface area contributed by atoms with Crippen molar-refractivity contribution >= 4 is 11.1 Å². The number of allylic oxidation sites excluding steroid dienone is 16. The van der Waals surface area contributed by atoms with E-state index in [2.05, 4.69) is 182 Å². The highest BCUT2D eigenvalue weighted by Gasteiger charge is 2.17. The molecule has 0 heterocycles. The highest BCUT2D eigenvalue weighted by molar-refractivity contribution is 5.86. The van der Waals surface area contributed by atoms with E-state index in [1.165, 1.54) is 79.7 Å². The molecule has 3 aromatic rings. The molecule has 0 aliphatic heterocycles. The third-order valence-electron chi connectivity index (χ3n) is 8.50. The molecule has 0 saturated heterocycles. The average Bonchev–Trinajstić information content (AvgIpc) is 3.28. The topological polar surface area (TPSA) is 0 Å². The van der Waals surface area contributed by atoms with Crippen LogP contribution in [0.2, 0.25) is 0 Å². The van der Waals surface area contributed by atoms with Crippen LogP contribution in [0.5, 0.6) is 0 Å². The van der Waals surface area contributed by atoms with Crippen LogP contribution < -0.4 is 0 Å². The molecule has 1 atom stereocenters. The Hall–Kier alpha value is -4.42. The summed E-state index contributed by atoms with van der Waals surface area (Å²) in [6, 6.07) is 26.1. The maximum atomic E-state index is 2.38. The van der Waals surface area contributed by atoms with Crippen LogP contribution in [-0.4, -0.2) is 0 Å². The van der Waals surface area contributed by atoms with Gasteiger partial charge in [0.25, 0.3) is 0 Å². The minimum absolute atomic E-state index is 0.497. The molecule has 0 nitrogen and oxygen atoms in total. The molecule has 0 bridgehead atoms. The summed E-state index contributed by atoms with van der Waals surface area (Å²) >= 11 is 0. The third kappa shape index (κ3) is 9.05. The lowest BCUT2D eigenvalue weighted by Gasteiger charge is -2.22. The lowest BCUT2D eigenvalue weighted by atomic mass is 9.82. The number of hydrogen-bond donors (Lipinski definition) is 0. The van der Waals surface area contributed by atoms with E-state index in [1.807, 2.05) is 0 Å². The van der Waals surface area contributed by atoms with Crippen molar-refractivity contribution < 1.29 is 0 Å². The van der Waals surface area contributed by atoms with E-state index in [-0.39, 0.29) is 0 Å². The first-order chi connectivity index (χ1) is 21.8. The summed E-state index contributed by atoms with van der Waals surface area (Å²) in [5.74, 6) is 0.497. The van der Waals surface area contributed by atoms with Gasteiger partial charge in [0.1, 0.15) is 0 Å². The van der Waals surface area contributed by atoms with Crippen molar-refractivity contribution in [2.24, 2.45) is 5.92 Å². The Morgan fingerprint density at radius 1 is 0.867 bits per heavy atom. The molecule has 0 aromatic heterocycles. The number of hydrogen-bond acceptors (Lipinski definition) is 0. The Bertz CT molecular complexity index is 1710. The minimum Gasteiger partial charge on any atom is -0.0871 e. The Labute approximate surface area is 273 Å². The third-order valence-corrected chi connectivity index (χ3v) is 8.50. The average molecular weight is 591 g/mol. The smallest absolute Gasteiger partial charge is 0.00754 e. The van der Waals surface area contributed by atoms with Crippen LogP contribution in [-0.2, 0) is 0 Å². The van der Waals surface area contributed by atoms with Crippen molar-refractivity contribution in [2.45, 2.75) is 67.7 Å². The normalized spacial score (nSPS) is 17.6. The Morgan fingerprint density at radius 3 is 2.31 bits per heavy atom. The maximum Gasteiger partial charge on any atom is -0.00754 e. The molecule has 2 aliphatic carbocycles. The molecule has 0 N–H and O–H groups in total. The molecule has 230 valence electrons. The summed E-state index contributed by atoms with van der Waals surface area (Å²) in [7, 11) is 0. The van der Waals surface area contributed by atoms with Crippen molar-refractivity contribution in [1.82, 2.24) is 0 Å². The van der Waals surface area contributed by atoms with Gasteiger partial charge in [0.2, 0.25) is 0 Å². The SMILES string of the molecule is C/C=C\C(=C/C)C1=CC/C(=C(/C)CCC)C(c2ccccc2C)=C1.Cc1cc(C2=CC=CC(C)C=C2)cc(-c2ccccc2)c1. The van der Waals surface area contributed by atoms with E-state index in [4.69, 9.17) is 0 Å². The molecule has 5 rings (SSSR count). The van der Waals surface area contributed by atoms with Gasteiger partial charge >= 0.3 is 0 Å². The summed E-state index contributed by atoms with van der Waals surface area (Å²) in [5.41, 5.74) is 16.2. The number of aryl methyl sites for hydroxylation is 2. The Balaban J connectivity index is 0.000000206. The molecular formula is C45H50. The van der Waals surface area contributed by atoms with Crippen LogP contribution in [0.15, 0.2) is 156 Å². The predicted molar refractivity (Wildman–Crippen MR) is 200 cm³/mol. The first kappa shape index (κ1) is 33.5. The van der Waals surface area contributed by atoms with Crippen LogP contribution in [0.4, 0.5) is 0 Å². The van der Waals surface area contributed by atoms with E-state index in [9.17, 15) is 0 Å². The summed E-state index contributed by atoms with van der Waals surface area (Å²) in [6.45, 7) is 15.3. The number of rotatable bonds is 7. The second-order valence-electron chi connectivity index (χ2n) is 12.2. The van der Waals surface area contributed by atoms with Crippen LogP contribution in [0.25, 0.3) is 22.3 Å². The monoisotopic (exact) mass is 590 g/mol. The minimum atomic E-state index is 0.497. The van der Waals surface area contributed by atoms with Crippen LogP contribution in [0.3, 0.4) is 0 Å². The Kier molecular flexibility index (Phi) is 12.3. The second kappa shape index (κ2) is 16.6. The molecule has 0 radical (unpaired) electrons. The molecule has 0 spiro atoms. The van der Waals surface area contributed by atoms with Crippen LogP contribution in [0, 0.1) is 19.8 Å². The van der Waals surface area contributed by atoms with Crippen molar-refractivity contribution in [1.29, 1.82) is 0 Å². The van der Waals surface area contributed by atoms with Crippen molar-refractivity contribution in [3.63, 3.8) is 0 Å². The van der Waals surface area contributed by atoms with Crippen LogP contribution in [0.1, 0.15) is 76.1 Å². The highest BCUT2D eigenvalue weighted by atomic mass is 14.2. The fraction of sp³-hybridized carbons (Fsp3) is 0.244. The largest absolute Gasteiger partial charge is 0.0871 e. The van der Waals surface area contributed by atoms with Crippen molar-refractivity contribution in [2.75, 3.05) is 0 Å². The second-order valence-corrected chi connectivity index (χ2v) is 12.2. The summed E-state index contributed by atoms with van der Waals surface area (Å²) in [5, 5.41) is 0. The molecular weight excluding hydrogens is 540 g/mol. The molecule has 45 heavy (non-hydrogen) atoms. The van der Waals surface area contributed by atoms with Gasteiger partial charge < -0.3 is 0 Å². The van der Waals surface area contributed by atoms with Gasteiger partial charge in [0.05, 0.1) is 0 Å². The molecule has 0 fully saturated rings. The lowest BCUT2D eigenvalue weighted by Crippen LogP contribution is -2.02. The van der Waals surface area contributed by atoms with Crippen molar-refractivity contribution in [3.8, 4) is 11.1 Å². The zero-order valence-corrected chi connectivity index (χ0v) is 28.4. The van der Waals surface area contributed by atoms with Gasteiger partial charge in [-0.25, -0.2) is 0 Å². The standard InChI is InChI=1S/C24H30.C21H20/c1-6-11-18(4)23-16-15-21(20(8-3)12-7-2)17-24(23)22-14-10-9-13-19(22)5;1-16-7-6-10-19(12-11-16)21-14-17(2)13-20(15-21)18-8-4-3-5-9-18/h7-10,12-15,17H,6,11,16H2,1-5H3;3-16H,1-2H3/b12-7-,20-8+,23-18+;. The van der Waals surface area contributed by atoms with Gasteiger partial charge in [-0.15, -0.1) is 0 Å². The Morgan fingerprint density at radius 2 is 1.60 bits per heavy atom. The summed E-state index contributed by atoms with van der Waals surface area (Å²) in [4.78, 5) is 0. The van der Waals surface area contributed by atoms with E-state index >= 15 is 0 Å². The van der Waals surface area contributed by atoms with E-state index in [0.717, 1.165) is 6.42 Å². The molecule has 0 heteroatoms. The highest BCUT2D eigenvalue weighted by Crippen LogP contribution is 2.38. The first-order valence-corrected chi connectivity index (χ1v) is 16.5. The summed E-state index contributed by atoms with van der Waals surface area (Å²) in [6.07, 6.45) is 25.7. The number of benzene rings is 3. The maximum absolute atomic E-state index is 2.38. The quantitative estimate of drug-likeness (QED) is 0.240. The van der Waals surface area contributed by atoms with E-state index in [1.54, 1.807) is 0 Å². The fourth-order valence-corrected chi connectivity index (χ4v) is 6.06. The molecule has 1 unspecified atom stereocenters. The van der Waals surface area contributed by atoms with Gasteiger partial charge in [0, 0.05) is 0 Å². The van der Waals surface area contributed by atoms with Gasteiger partial charge in [-0.05, 0) is 127 Å².